The minimum atomic E-state index is 0.213. The van der Waals surface area contributed by atoms with Gasteiger partial charge in [0, 0.05) is 39.1 Å². The Hall–Kier alpha value is -0.880. The van der Waals surface area contributed by atoms with Gasteiger partial charge < -0.3 is 10.2 Å². The number of nitrogens with one attached hydrogen (secondary N) is 1. The summed E-state index contributed by atoms with van der Waals surface area (Å²) in [6.45, 7) is 12.1. The van der Waals surface area contributed by atoms with Crippen molar-refractivity contribution in [1.82, 2.24) is 20.0 Å². The molecule has 0 unspecified atom stereocenters. The van der Waals surface area contributed by atoms with Crippen molar-refractivity contribution in [3.8, 4) is 0 Å². The van der Waals surface area contributed by atoms with E-state index in [1.807, 2.05) is 23.4 Å². The summed E-state index contributed by atoms with van der Waals surface area (Å²) >= 11 is 3.63. The molecule has 0 aromatic carbocycles. The van der Waals surface area contributed by atoms with Crippen molar-refractivity contribution in [3.05, 3.63) is 15.9 Å². The smallest absolute Gasteiger partial charge is 0.223 e. The minimum Gasteiger partial charge on any atom is -0.343 e. The fourth-order valence-corrected chi connectivity index (χ4v) is 3.03. The first-order valence-corrected chi connectivity index (χ1v) is 8.60. The standard InChI is InChI=1S/C15H27BrN4O/c1-5-12-15(16)13(20(8-4)18-12)11-17-10-9-14(21)19(6-2)7-3/h17H,5-11H2,1-4H3. The SMILES string of the molecule is CCc1nn(CC)c(CNCCC(=O)N(CC)CC)c1Br. The van der Waals surface area contributed by atoms with E-state index < -0.39 is 0 Å². The minimum absolute atomic E-state index is 0.213. The van der Waals surface area contributed by atoms with Crippen LogP contribution in [0.2, 0.25) is 0 Å². The summed E-state index contributed by atoms with van der Waals surface area (Å²) < 4.78 is 3.11. The van der Waals surface area contributed by atoms with Gasteiger partial charge in [-0.2, -0.15) is 5.10 Å². The van der Waals surface area contributed by atoms with Gasteiger partial charge in [0.05, 0.1) is 15.9 Å². The van der Waals surface area contributed by atoms with Crippen molar-refractivity contribution in [2.24, 2.45) is 0 Å². The second-order valence-corrected chi connectivity index (χ2v) is 5.66. The molecular weight excluding hydrogens is 332 g/mol. The van der Waals surface area contributed by atoms with E-state index in [1.165, 1.54) is 0 Å². The van der Waals surface area contributed by atoms with E-state index in [1.54, 1.807) is 0 Å². The Morgan fingerprint density at radius 2 is 1.95 bits per heavy atom. The highest BCUT2D eigenvalue weighted by molar-refractivity contribution is 9.10. The van der Waals surface area contributed by atoms with E-state index >= 15 is 0 Å². The van der Waals surface area contributed by atoms with Crippen LogP contribution >= 0.6 is 15.9 Å². The largest absolute Gasteiger partial charge is 0.343 e. The molecule has 0 aliphatic rings. The van der Waals surface area contributed by atoms with Gasteiger partial charge in [-0.05, 0) is 43.1 Å². The molecule has 0 fully saturated rings. The van der Waals surface area contributed by atoms with Crippen LogP contribution in [0.25, 0.3) is 0 Å². The Bertz CT molecular complexity index is 455. The maximum Gasteiger partial charge on any atom is 0.223 e. The lowest BCUT2D eigenvalue weighted by Crippen LogP contribution is -2.32. The zero-order chi connectivity index (χ0) is 15.8. The molecule has 0 saturated heterocycles. The van der Waals surface area contributed by atoms with Gasteiger partial charge in [0.15, 0.2) is 0 Å². The van der Waals surface area contributed by atoms with Crippen molar-refractivity contribution >= 4 is 21.8 Å². The third kappa shape index (κ3) is 4.81. The maximum absolute atomic E-state index is 11.9. The third-order valence-corrected chi connectivity index (χ3v) is 4.53. The van der Waals surface area contributed by atoms with E-state index in [0.29, 0.717) is 13.0 Å². The molecule has 1 amide bonds. The molecule has 0 bridgehead atoms. The van der Waals surface area contributed by atoms with Crippen LogP contribution in [-0.2, 0) is 24.3 Å². The van der Waals surface area contributed by atoms with Crippen LogP contribution in [0.1, 0.15) is 45.5 Å². The second-order valence-electron chi connectivity index (χ2n) is 4.87. The topological polar surface area (TPSA) is 50.2 Å². The Kier molecular flexibility index (Phi) is 7.96. The molecule has 0 saturated carbocycles. The first-order valence-electron chi connectivity index (χ1n) is 7.81. The highest BCUT2D eigenvalue weighted by Crippen LogP contribution is 2.22. The molecule has 0 aliphatic carbocycles. The van der Waals surface area contributed by atoms with Crippen LogP contribution in [-0.4, -0.2) is 40.2 Å². The van der Waals surface area contributed by atoms with E-state index in [-0.39, 0.29) is 5.91 Å². The fraction of sp³-hybridized carbons (Fsp3) is 0.733. The van der Waals surface area contributed by atoms with Gasteiger partial charge in [0.1, 0.15) is 0 Å². The molecule has 6 heteroatoms. The molecule has 0 radical (unpaired) electrons. The average Bonchev–Trinajstić information content (AvgIpc) is 2.80. The number of aryl methyl sites for hydroxylation is 2. The van der Waals surface area contributed by atoms with Crippen LogP contribution in [0.3, 0.4) is 0 Å². The molecular formula is C15H27BrN4O. The maximum atomic E-state index is 11.9. The van der Waals surface area contributed by atoms with Crippen molar-refractivity contribution in [2.45, 2.75) is 53.6 Å². The lowest BCUT2D eigenvalue weighted by Gasteiger charge is -2.18. The van der Waals surface area contributed by atoms with Crippen molar-refractivity contribution in [2.75, 3.05) is 19.6 Å². The molecule has 5 nitrogen and oxygen atoms in total. The van der Waals surface area contributed by atoms with Crippen LogP contribution < -0.4 is 5.32 Å². The third-order valence-electron chi connectivity index (χ3n) is 3.62. The molecule has 0 atom stereocenters. The van der Waals surface area contributed by atoms with Crippen LogP contribution in [0, 0.1) is 0 Å². The normalized spacial score (nSPS) is 10.9. The molecule has 1 rings (SSSR count). The van der Waals surface area contributed by atoms with Crippen LogP contribution in [0.15, 0.2) is 4.47 Å². The second kappa shape index (κ2) is 9.20. The number of rotatable bonds is 9. The summed E-state index contributed by atoms with van der Waals surface area (Å²) in [5.41, 5.74) is 2.25. The monoisotopic (exact) mass is 358 g/mol. The fourth-order valence-electron chi connectivity index (χ4n) is 2.32. The number of halogens is 1. The molecule has 1 N–H and O–H groups in total. The Morgan fingerprint density at radius 3 is 2.48 bits per heavy atom. The summed E-state index contributed by atoms with van der Waals surface area (Å²) in [7, 11) is 0. The van der Waals surface area contributed by atoms with Gasteiger partial charge in [-0.1, -0.05) is 6.92 Å². The van der Waals surface area contributed by atoms with Crippen LogP contribution in [0.4, 0.5) is 0 Å². The average molecular weight is 359 g/mol. The van der Waals surface area contributed by atoms with Gasteiger partial charge in [-0.3, -0.25) is 9.48 Å². The summed E-state index contributed by atoms with van der Waals surface area (Å²) in [5.74, 6) is 0.213. The first kappa shape index (κ1) is 18.2. The summed E-state index contributed by atoms with van der Waals surface area (Å²) in [6.07, 6.45) is 1.46. The van der Waals surface area contributed by atoms with Gasteiger partial charge >= 0.3 is 0 Å². The van der Waals surface area contributed by atoms with Crippen LogP contribution in [0.5, 0.6) is 0 Å². The molecule has 120 valence electrons. The van der Waals surface area contributed by atoms with Crippen molar-refractivity contribution in [3.63, 3.8) is 0 Å². The molecule has 21 heavy (non-hydrogen) atoms. The lowest BCUT2D eigenvalue weighted by molar-refractivity contribution is -0.130. The number of nitrogens with zero attached hydrogens (tertiary/aromatic N) is 3. The number of hydrogen-bond donors (Lipinski definition) is 1. The van der Waals surface area contributed by atoms with Gasteiger partial charge in [0.25, 0.3) is 0 Å². The first-order chi connectivity index (χ1) is 10.1. The summed E-state index contributed by atoms with van der Waals surface area (Å²) in [5, 5.41) is 7.92. The predicted octanol–water partition coefficient (Wildman–Crippen LogP) is 2.58. The van der Waals surface area contributed by atoms with E-state index in [9.17, 15) is 4.79 Å². The Morgan fingerprint density at radius 1 is 1.29 bits per heavy atom. The van der Waals surface area contributed by atoms with Crippen molar-refractivity contribution in [1.29, 1.82) is 0 Å². The number of carbonyl (C=O) groups excluding carboxylic acids is 1. The quantitative estimate of drug-likeness (QED) is 0.690. The summed E-state index contributed by atoms with van der Waals surface area (Å²) in [4.78, 5) is 13.8. The van der Waals surface area contributed by atoms with Gasteiger partial charge in [0.2, 0.25) is 5.91 Å². The molecule has 1 aromatic rings. The molecule has 1 heterocycles. The Balaban J connectivity index is 2.49. The number of amides is 1. The molecule has 0 spiro atoms. The lowest BCUT2D eigenvalue weighted by atomic mass is 10.3. The number of aromatic nitrogens is 2. The molecule has 1 aromatic heterocycles. The van der Waals surface area contributed by atoms with Crippen molar-refractivity contribution < 1.29 is 4.79 Å². The van der Waals surface area contributed by atoms with E-state index in [2.05, 4.69) is 40.2 Å². The van der Waals surface area contributed by atoms with E-state index in [0.717, 1.165) is 48.5 Å². The summed E-state index contributed by atoms with van der Waals surface area (Å²) in [6, 6.07) is 0. The zero-order valence-electron chi connectivity index (χ0n) is 13.6. The number of carbonyl (C=O) groups is 1. The highest BCUT2D eigenvalue weighted by atomic mass is 79.9. The van der Waals surface area contributed by atoms with E-state index in [4.69, 9.17) is 0 Å². The van der Waals surface area contributed by atoms with Gasteiger partial charge in [-0.15, -0.1) is 0 Å². The van der Waals surface area contributed by atoms with Gasteiger partial charge in [-0.25, -0.2) is 0 Å². The Labute approximate surface area is 136 Å². The number of hydrogen-bond acceptors (Lipinski definition) is 3. The highest BCUT2D eigenvalue weighted by Gasteiger charge is 2.14. The predicted molar refractivity (Wildman–Crippen MR) is 89.2 cm³/mol. The zero-order valence-corrected chi connectivity index (χ0v) is 15.2. The molecule has 0 aliphatic heterocycles.